The van der Waals surface area contributed by atoms with Gasteiger partial charge in [-0.05, 0) is 50.1 Å². The lowest BCUT2D eigenvalue weighted by Gasteiger charge is -2.16. The number of nitrogens with zero attached hydrogens (tertiary/aromatic N) is 5. The van der Waals surface area contributed by atoms with Crippen LogP contribution in [-0.4, -0.2) is 30.9 Å². The molecule has 0 saturated heterocycles. The SMILES string of the molecule is CCC(C)n1c(C)nc2c(c1=O)c1nc3ccccc3nc1n2Cc1ccc2c(c1)OCO2. The van der Waals surface area contributed by atoms with Gasteiger partial charge in [-0.15, -0.1) is 0 Å². The van der Waals surface area contributed by atoms with Crippen molar-refractivity contribution in [1.82, 2.24) is 24.1 Å². The van der Waals surface area contributed by atoms with E-state index in [1.54, 1.807) is 4.57 Å². The number of aromatic nitrogens is 5. The fourth-order valence-corrected chi connectivity index (χ4v) is 4.55. The van der Waals surface area contributed by atoms with Gasteiger partial charge in [-0.2, -0.15) is 0 Å². The van der Waals surface area contributed by atoms with Crippen LogP contribution in [0.5, 0.6) is 11.5 Å². The Hall–Kier alpha value is -3.94. The molecular weight excluding hydrogens is 418 g/mol. The molecule has 4 heterocycles. The van der Waals surface area contributed by atoms with Gasteiger partial charge in [0, 0.05) is 6.04 Å². The van der Waals surface area contributed by atoms with Crippen molar-refractivity contribution in [2.45, 2.75) is 39.8 Å². The number of ether oxygens (including phenoxy) is 2. The van der Waals surface area contributed by atoms with Gasteiger partial charge in [0.15, 0.2) is 22.8 Å². The highest BCUT2D eigenvalue weighted by atomic mass is 16.7. The maximum atomic E-state index is 13.7. The Kier molecular flexibility index (Phi) is 4.36. The third-order valence-electron chi connectivity index (χ3n) is 6.38. The number of para-hydroxylation sites is 2. The molecule has 5 aromatic rings. The summed E-state index contributed by atoms with van der Waals surface area (Å²) in [6.45, 7) is 6.68. The first-order valence-electron chi connectivity index (χ1n) is 11.1. The van der Waals surface area contributed by atoms with E-state index < -0.39 is 0 Å². The molecule has 0 saturated carbocycles. The number of aryl methyl sites for hydroxylation is 1. The van der Waals surface area contributed by atoms with Gasteiger partial charge in [0.25, 0.3) is 5.56 Å². The molecule has 0 fully saturated rings. The summed E-state index contributed by atoms with van der Waals surface area (Å²) in [6, 6.07) is 13.6. The number of rotatable bonds is 4. The van der Waals surface area contributed by atoms with E-state index in [4.69, 9.17) is 24.4 Å². The van der Waals surface area contributed by atoms with E-state index >= 15 is 0 Å². The van der Waals surface area contributed by atoms with Crippen molar-refractivity contribution in [3.8, 4) is 11.5 Å². The molecule has 1 unspecified atom stereocenters. The van der Waals surface area contributed by atoms with Crippen LogP contribution in [-0.2, 0) is 6.54 Å². The van der Waals surface area contributed by atoms with Crippen LogP contribution in [0.1, 0.15) is 37.7 Å². The predicted molar refractivity (Wildman–Crippen MR) is 126 cm³/mol. The number of fused-ring (bicyclic) bond motifs is 5. The fourth-order valence-electron chi connectivity index (χ4n) is 4.55. The van der Waals surface area contributed by atoms with E-state index in [0.717, 1.165) is 28.8 Å². The second kappa shape index (κ2) is 7.30. The summed E-state index contributed by atoms with van der Waals surface area (Å²) in [4.78, 5) is 28.4. The Morgan fingerprint density at radius 3 is 2.55 bits per heavy atom. The molecular formula is C25H23N5O3. The van der Waals surface area contributed by atoms with Crippen LogP contribution < -0.4 is 15.0 Å². The van der Waals surface area contributed by atoms with Crippen molar-refractivity contribution in [3.63, 3.8) is 0 Å². The van der Waals surface area contributed by atoms with Crippen LogP contribution in [0.4, 0.5) is 0 Å². The summed E-state index contributed by atoms with van der Waals surface area (Å²) in [5.41, 5.74) is 4.27. The van der Waals surface area contributed by atoms with Crippen LogP contribution in [0.2, 0.25) is 0 Å². The highest BCUT2D eigenvalue weighted by Gasteiger charge is 2.23. The maximum Gasteiger partial charge on any atom is 0.265 e. The second-order valence-corrected chi connectivity index (χ2v) is 8.45. The zero-order chi connectivity index (χ0) is 22.7. The molecule has 0 amide bonds. The molecule has 2 aromatic carbocycles. The molecule has 1 atom stereocenters. The van der Waals surface area contributed by atoms with Gasteiger partial charge in [-0.1, -0.05) is 25.1 Å². The Morgan fingerprint density at radius 1 is 1.00 bits per heavy atom. The minimum atomic E-state index is -0.0779. The first-order chi connectivity index (χ1) is 16.0. The van der Waals surface area contributed by atoms with Crippen molar-refractivity contribution in [2.24, 2.45) is 0 Å². The largest absolute Gasteiger partial charge is 0.454 e. The predicted octanol–water partition coefficient (Wildman–Crippen LogP) is 4.35. The zero-order valence-corrected chi connectivity index (χ0v) is 18.7. The molecule has 3 aromatic heterocycles. The Bertz CT molecular complexity index is 1620. The standard InChI is InChI=1S/C25H23N5O3/c1-4-14(2)30-15(3)26-23-21(25(30)31)22-24(28-18-8-6-5-7-17(18)27-22)29(23)12-16-9-10-19-20(11-16)33-13-32-19/h5-11,14H,4,12-13H2,1-3H3. The summed E-state index contributed by atoms with van der Waals surface area (Å²) in [5, 5.41) is 0.509. The van der Waals surface area contributed by atoms with Gasteiger partial charge in [-0.25, -0.2) is 15.0 Å². The molecule has 1 aliphatic heterocycles. The second-order valence-electron chi connectivity index (χ2n) is 8.45. The summed E-state index contributed by atoms with van der Waals surface area (Å²) >= 11 is 0. The van der Waals surface area contributed by atoms with E-state index in [9.17, 15) is 4.79 Å². The lowest BCUT2D eigenvalue weighted by atomic mass is 10.2. The summed E-state index contributed by atoms with van der Waals surface area (Å²) in [6.07, 6.45) is 0.832. The van der Waals surface area contributed by atoms with E-state index in [2.05, 4.69) is 6.92 Å². The molecule has 0 aliphatic carbocycles. The third kappa shape index (κ3) is 2.97. The normalized spacial score (nSPS) is 13.9. The minimum absolute atomic E-state index is 0.0371. The first-order valence-corrected chi connectivity index (χ1v) is 11.1. The third-order valence-corrected chi connectivity index (χ3v) is 6.38. The average Bonchev–Trinajstić information content (AvgIpc) is 3.40. The molecule has 8 nitrogen and oxygen atoms in total. The van der Waals surface area contributed by atoms with Gasteiger partial charge < -0.3 is 14.0 Å². The Morgan fingerprint density at radius 2 is 1.76 bits per heavy atom. The minimum Gasteiger partial charge on any atom is -0.454 e. The van der Waals surface area contributed by atoms with Gasteiger partial charge >= 0.3 is 0 Å². The molecule has 166 valence electrons. The van der Waals surface area contributed by atoms with Crippen LogP contribution in [0, 0.1) is 6.92 Å². The first kappa shape index (κ1) is 19.7. The molecule has 0 radical (unpaired) electrons. The van der Waals surface area contributed by atoms with Crippen LogP contribution in [0.15, 0.2) is 47.3 Å². The maximum absolute atomic E-state index is 13.7. The fraction of sp³-hybridized carbons (Fsp3) is 0.280. The molecule has 0 N–H and O–H groups in total. The molecule has 0 bridgehead atoms. The number of hydrogen-bond donors (Lipinski definition) is 0. The molecule has 33 heavy (non-hydrogen) atoms. The summed E-state index contributed by atoms with van der Waals surface area (Å²) in [5.74, 6) is 2.13. The van der Waals surface area contributed by atoms with E-state index in [0.29, 0.717) is 40.3 Å². The van der Waals surface area contributed by atoms with Gasteiger partial charge in [0.2, 0.25) is 6.79 Å². The lowest BCUT2D eigenvalue weighted by molar-refractivity contribution is 0.174. The van der Waals surface area contributed by atoms with Crippen molar-refractivity contribution >= 4 is 33.2 Å². The smallest absolute Gasteiger partial charge is 0.265 e. The van der Waals surface area contributed by atoms with Crippen LogP contribution >= 0.6 is 0 Å². The van der Waals surface area contributed by atoms with Crippen LogP contribution in [0.3, 0.4) is 0 Å². The number of hydrogen-bond acceptors (Lipinski definition) is 6. The Labute approximate surface area is 189 Å². The molecule has 8 heteroatoms. The molecule has 6 rings (SSSR count). The Balaban J connectivity index is 1.67. The lowest BCUT2D eigenvalue weighted by Crippen LogP contribution is -2.26. The van der Waals surface area contributed by atoms with E-state index in [1.807, 2.05) is 60.9 Å². The number of benzene rings is 2. The zero-order valence-electron chi connectivity index (χ0n) is 18.7. The van der Waals surface area contributed by atoms with Gasteiger partial charge in [-0.3, -0.25) is 9.36 Å². The van der Waals surface area contributed by atoms with Crippen molar-refractivity contribution in [2.75, 3.05) is 6.79 Å². The monoisotopic (exact) mass is 441 g/mol. The van der Waals surface area contributed by atoms with E-state index in [-0.39, 0.29) is 18.4 Å². The van der Waals surface area contributed by atoms with E-state index in [1.165, 1.54) is 0 Å². The van der Waals surface area contributed by atoms with Crippen molar-refractivity contribution in [1.29, 1.82) is 0 Å². The quantitative estimate of drug-likeness (QED) is 0.412. The average molecular weight is 441 g/mol. The highest BCUT2D eigenvalue weighted by Crippen LogP contribution is 2.34. The van der Waals surface area contributed by atoms with Crippen molar-refractivity contribution < 1.29 is 9.47 Å². The van der Waals surface area contributed by atoms with Gasteiger partial charge in [0.1, 0.15) is 16.7 Å². The topological polar surface area (TPSA) is 84.1 Å². The highest BCUT2D eigenvalue weighted by molar-refractivity contribution is 6.04. The summed E-state index contributed by atoms with van der Waals surface area (Å²) in [7, 11) is 0. The molecule has 0 spiro atoms. The van der Waals surface area contributed by atoms with Gasteiger partial charge in [0.05, 0.1) is 17.6 Å². The van der Waals surface area contributed by atoms with Crippen molar-refractivity contribution in [3.05, 3.63) is 64.2 Å². The van der Waals surface area contributed by atoms with Crippen LogP contribution in [0.25, 0.3) is 33.2 Å². The summed E-state index contributed by atoms with van der Waals surface area (Å²) < 4.78 is 14.8. The molecule has 1 aliphatic rings.